The van der Waals surface area contributed by atoms with Gasteiger partial charge in [-0.05, 0) is 37.3 Å². The Morgan fingerprint density at radius 1 is 1.11 bits per heavy atom. The van der Waals surface area contributed by atoms with Gasteiger partial charge in [-0.3, -0.25) is 4.79 Å². The summed E-state index contributed by atoms with van der Waals surface area (Å²) in [6, 6.07) is 12.0. The topological polar surface area (TPSA) is 79.4 Å². The van der Waals surface area contributed by atoms with Crippen molar-refractivity contribution < 1.29 is 9.53 Å². The third-order valence-corrected chi connectivity index (χ3v) is 5.08. The molecule has 1 heterocycles. The van der Waals surface area contributed by atoms with E-state index >= 15 is 0 Å². The smallest absolute Gasteiger partial charge is 0.253 e. The van der Waals surface area contributed by atoms with E-state index in [1.165, 1.54) is 0 Å². The zero-order valence-electron chi connectivity index (χ0n) is 16.8. The molecule has 1 fully saturated rings. The van der Waals surface area contributed by atoms with Gasteiger partial charge in [0.15, 0.2) is 6.10 Å². The molecule has 1 unspecified atom stereocenters. The van der Waals surface area contributed by atoms with Crippen molar-refractivity contribution in [3.05, 3.63) is 48.2 Å². The predicted octanol–water partition coefficient (Wildman–Crippen LogP) is 2.77. The lowest BCUT2D eigenvalue weighted by atomic mass is 9.91. The minimum atomic E-state index is -0.570. The van der Waals surface area contributed by atoms with Gasteiger partial charge in [0.25, 0.3) is 5.91 Å². The van der Waals surface area contributed by atoms with Crippen molar-refractivity contribution in [2.45, 2.75) is 43.9 Å². The molecule has 1 aromatic carbocycles. The van der Waals surface area contributed by atoms with E-state index in [-0.39, 0.29) is 11.9 Å². The van der Waals surface area contributed by atoms with E-state index in [4.69, 9.17) is 4.74 Å². The summed E-state index contributed by atoms with van der Waals surface area (Å²) in [6.45, 7) is 0. The number of hydrogen-bond acceptors (Lipinski definition) is 6. The van der Waals surface area contributed by atoms with E-state index in [0.29, 0.717) is 12.0 Å². The number of carbonyl (C=O) groups excluding carboxylic acids is 1. The number of benzene rings is 1. The molecule has 0 saturated heterocycles. The number of amides is 1. The summed E-state index contributed by atoms with van der Waals surface area (Å²) < 4.78 is 5.43. The van der Waals surface area contributed by atoms with E-state index in [0.717, 1.165) is 37.1 Å². The predicted molar refractivity (Wildman–Crippen MR) is 110 cm³/mol. The van der Waals surface area contributed by atoms with Gasteiger partial charge in [0.05, 0.1) is 0 Å². The van der Waals surface area contributed by atoms with Gasteiger partial charge in [0.2, 0.25) is 5.95 Å². The monoisotopic (exact) mass is 383 g/mol. The lowest BCUT2D eigenvalue weighted by Gasteiger charge is -2.30. The van der Waals surface area contributed by atoms with Gasteiger partial charge in [-0.2, -0.15) is 4.98 Å². The van der Waals surface area contributed by atoms with Gasteiger partial charge >= 0.3 is 0 Å². The van der Waals surface area contributed by atoms with E-state index in [9.17, 15) is 4.79 Å². The number of aromatic nitrogens is 2. The average Bonchev–Trinajstić information content (AvgIpc) is 2.71. The first-order valence-corrected chi connectivity index (χ1v) is 9.72. The summed E-state index contributed by atoms with van der Waals surface area (Å²) in [5, 5.41) is 6.57. The maximum atomic E-state index is 12.6. The Morgan fingerprint density at radius 2 is 1.79 bits per heavy atom. The normalized spacial score (nSPS) is 20.2. The Hall–Kier alpha value is -2.67. The summed E-state index contributed by atoms with van der Waals surface area (Å²) in [6.07, 6.45) is 4.96. The molecule has 0 radical (unpaired) electrons. The number of rotatable bonds is 7. The lowest BCUT2D eigenvalue weighted by Crippen LogP contribution is -2.42. The molecule has 7 nitrogen and oxygen atoms in total. The molecule has 1 aliphatic rings. The minimum Gasteiger partial charge on any atom is -0.367 e. The number of methoxy groups -OCH3 is 1. The van der Waals surface area contributed by atoms with E-state index < -0.39 is 6.10 Å². The van der Waals surface area contributed by atoms with Crippen LogP contribution in [0.1, 0.15) is 37.4 Å². The first kappa shape index (κ1) is 20.1. The summed E-state index contributed by atoms with van der Waals surface area (Å²) >= 11 is 0. The third kappa shape index (κ3) is 5.19. The zero-order valence-corrected chi connectivity index (χ0v) is 16.8. The molecule has 1 atom stereocenters. The summed E-state index contributed by atoms with van der Waals surface area (Å²) in [5.41, 5.74) is 0.871. The van der Waals surface area contributed by atoms with Crippen LogP contribution in [0.15, 0.2) is 42.6 Å². The van der Waals surface area contributed by atoms with E-state index in [1.54, 1.807) is 13.3 Å². The van der Waals surface area contributed by atoms with Crippen LogP contribution in [0, 0.1) is 0 Å². The van der Waals surface area contributed by atoms with Gasteiger partial charge < -0.3 is 20.3 Å². The summed E-state index contributed by atoms with van der Waals surface area (Å²) in [4.78, 5) is 23.4. The van der Waals surface area contributed by atoms with Crippen LogP contribution >= 0.6 is 0 Å². The van der Waals surface area contributed by atoms with Crippen LogP contribution in [0.5, 0.6) is 0 Å². The minimum absolute atomic E-state index is 0.0767. The first-order chi connectivity index (χ1) is 13.6. The average molecular weight is 383 g/mol. The quantitative estimate of drug-likeness (QED) is 0.765. The molecular formula is C21H29N5O2. The number of anilines is 2. The van der Waals surface area contributed by atoms with Crippen LogP contribution in [0.25, 0.3) is 0 Å². The van der Waals surface area contributed by atoms with Crippen molar-refractivity contribution in [2.75, 3.05) is 31.4 Å². The fourth-order valence-corrected chi connectivity index (χ4v) is 3.53. The molecule has 0 aliphatic heterocycles. The maximum absolute atomic E-state index is 12.6. The van der Waals surface area contributed by atoms with Crippen molar-refractivity contribution in [3.63, 3.8) is 0 Å². The number of nitrogens with one attached hydrogen (secondary N) is 2. The van der Waals surface area contributed by atoms with Gasteiger partial charge in [0.1, 0.15) is 5.82 Å². The molecule has 1 aromatic heterocycles. The van der Waals surface area contributed by atoms with Crippen LogP contribution in [-0.4, -0.2) is 49.2 Å². The first-order valence-electron chi connectivity index (χ1n) is 9.72. The second kappa shape index (κ2) is 9.50. The fourth-order valence-electron chi connectivity index (χ4n) is 3.53. The molecule has 2 aromatic rings. The van der Waals surface area contributed by atoms with Gasteiger partial charge in [-0.25, -0.2) is 4.98 Å². The van der Waals surface area contributed by atoms with Crippen LogP contribution in [0.2, 0.25) is 0 Å². The van der Waals surface area contributed by atoms with Crippen LogP contribution < -0.4 is 15.5 Å². The van der Waals surface area contributed by atoms with Crippen LogP contribution in [-0.2, 0) is 9.53 Å². The van der Waals surface area contributed by atoms with Crippen molar-refractivity contribution in [1.82, 2.24) is 15.3 Å². The van der Waals surface area contributed by atoms with Gasteiger partial charge in [0, 0.05) is 39.5 Å². The Bertz CT molecular complexity index is 760. The van der Waals surface area contributed by atoms with Crippen LogP contribution in [0.4, 0.5) is 11.8 Å². The maximum Gasteiger partial charge on any atom is 0.253 e. The molecule has 0 bridgehead atoms. The van der Waals surface area contributed by atoms with Gasteiger partial charge in [-0.15, -0.1) is 0 Å². The number of nitrogens with zero attached hydrogens (tertiary/aromatic N) is 3. The number of ether oxygens (including phenoxy) is 1. The Morgan fingerprint density at radius 3 is 2.43 bits per heavy atom. The molecule has 150 valence electrons. The molecule has 28 heavy (non-hydrogen) atoms. The highest BCUT2D eigenvalue weighted by molar-refractivity contribution is 5.82. The highest BCUT2D eigenvalue weighted by Gasteiger charge is 2.26. The largest absolute Gasteiger partial charge is 0.367 e. The zero-order chi connectivity index (χ0) is 19.9. The van der Waals surface area contributed by atoms with Crippen molar-refractivity contribution >= 4 is 17.7 Å². The highest BCUT2D eigenvalue weighted by atomic mass is 16.5. The Kier molecular flexibility index (Phi) is 6.81. The lowest BCUT2D eigenvalue weighted by molar-refractivity contribution is -0.132. The van der Waals surface area contributed by atoms with Gasteiger partial charge in [-0.1, -0.05) is 30.3 Å². The number of hydrogen-bond donors (Lipinski definition) is 2. The second-order valence-electron chi connectivity index (χ2n) is 7.36. The molecule has 0 spiro atoms. The van der Waals surface area contributed by atoms with Crippen molar-refractivity contribution in [1.29, 1.82) is 0 Å². The molecular weight excluding hydrogens is 354 g/mol. The molecule has 2 N–H and O–H groups in total. The highest BCUT2D eigenvalue weighted by Crippen LogP contribution is 2.23. The van der Waals surface area contributed by atoms with Crippen molar-refractivity contribution in [3.8, 4) is 0 Å². The fraction of sp³-hybridized carbons (Fsp3) is 0.476. The molecule has 7 heteroatoms. The van der Waals surface area contributed by atoms with E-state index in [1.807, 2.05) is 55.4 Å². The molecule has 1 saturated carbocycles. The van der Waals surface area contributed by atoms with E-state index in [2.05, 4.69) is 20.6 Å². The molecule has 1 amide bonds. The third-order valence-electron chi connectivity index (χ3n) is 5.08. The molecule has 3 rings (SSSR count). The standard InChI is InChI=1S/C21H29N5O2/c1-26(2)18-13-14-22-21(25-18)24-17-11-9-16(10-12-17)23-20(27)19(28-3)15-7-5-4-6-8-15/h4-8,13-14,16-17,19H,9-12H2,1-3H3,(H,23,27)(H,22,24,25)/t16-,17+,19?. The Labute approximate surface area is 166 Å². The second-order valence-corrected chi connectivity index (χ2v) is 7.36. The van der Waals surface area contributed by atoms with Crippen molar-refractivity contribution in [2.24, 2.45) is 0 Å². The SMILES string of the molecule is COC(C(=O)N[C@H]1CC[C@@H](Nc2nccc(N(C)C)n2)CC1)c1ccccc1. The summed E-state index contributed by atoms with van der Waals surface area (Å²) in [5.74, 6) is 1.46. The van der Waals surface area contributed by atoms with Crippen LogP contribution in [0.3, 0.4) is 0 Å². The molecule has 1 aliphatic carbocycles. The number of carbonyl (C=O) groups is 1. The Balaban J connectivity index is 1.50. The summed E-state index contributed by atoms with van der Waals surface area (Å²) in [7, 11) is 5.49.